The van der Waals surface area contributed by atoms with Crippen molar-refractivity contribution < 1.29 is 8.42 Å². The summed E-state index contributed by atoms with van der Waals surface area (Å²) in [6.45, 7) is 9.11. The van der Waals surface area contributed by atoms with Crippen molar-refractivity contribution in [3.05, 3.63) is 35.4 Å². The maximum atomic E-state index is 12.2. The second-order valence-electron chi connectivity index (χ2n) is 7.05. The lowest BCUT2D eigenvalue weighted by Gasteiger charge is -2.19. The molecule has 1 saturated heterocycles. The predicted octanol–water partition coefficient (Wildman–Crippen LogP) is 2.24. The zero-order chi connectivity index (χ0) is 20.4. The summed E-state index contributed by atoms with van der Waals surface area (Å²) >= 11 is 0. The Morgan fingerprint density at radius 2 is 1.66 bits per heavy atom. The maximum Gasteiger partial charge on any atom is 0.215 e. The van der Waals surface area contributed by atoms with Gasteiger partial charge in [-0.2, -0.15) is 0 Å². The third-order valence-corrected chi connectivity index (χ3v) is 7.09. The number of halogens is 1. The molecule has 1 aromatic carbocycles. The number of aliphatic imine (C=N–C) groups is 1. The van der Waals surface area contributed by atoms with Crippen LogP contribution in [0.4, 0.5) is 0 Å². The fourth-order valence-corrected chi connectivity index (χ4v) is 4.82. The van der Waals surface area contributed by atoms with Crippen molar-refractivity contribution in [2.45, 2.75) is 39.8 Å². The standard InChI is InChI=1S/C20H35N5O2S.HI/c1-4-25(5-2)28(26,27)15-12-22-20(21-3)23-16-18-8-10-19(11-9-18)17-24-13-6-7-14-24;/h8-11H,4-7,12-17H2,1-3H3,(H2,21,22,23);1H. The highest BCUT2D eigenvalue weighted by atomic mass is 127. The van der Waals surface area contributed by atoms with Gasteiger partial charge >= 0.3 is 0 Å². The Labute approximate surface area is 193 Å². The predicted molar refractivity (Wildman–Crippen MR) is 131 cm³/mol. The molecule has 7 nitrogen and oxygen atoms in total. The first-order valence-corrected chi connectivity index (χ1v) is 11.8. The molecule has 1 aromatic rings. The van der Waals surface area contributed by atoms with Crippen LogP contribution < -0.4 is 10.6 Å². The number of hydrogen-bond acceptors (Lipinski definition) is 4. The molecule has 0 radical (unpaired) electrons. The van der Waals surface area contributed by atoms with Gasteiger partial charge in [0.25, 0.3) is 0 Å². The molecule has 0 bridgehead atoms. The van der Waals surface area contributed by atoms with E-state index in [2.05, 4.69) is 44.8 Å². The smallest absolute Gasteiger partial charge is 0.215 e. The van der Waals surface area contributed by atoms with E-state index in [1.165, 1.54) is 41.4 Å². The highest BCUT2D eigenvalue weighted by Crippen LogP contribution is 2.13. The molecule has 0 aliphatic carbocycles. The van der Waals surface area contributed by atoms with Gasteiger partial charge < -0.3 is 10.6 Å². The highest BCUT2D eigenvalue weighted by molar-refractivity contribution is 14.0. The van der Waals surface area contributed by atoms with Crippen LogP contribution >= 0.6 is 24.0 Å². The van der Waals surface area contributed by atoms with E-state index < -0.39 is 10.0 Å². The van der Waals surface area contributed by atoms with E-state index >= 15 is 0 Å². The van der Waals surface area contributed by atoms with Crippen molar-refractivity contribution in [2.75, 3.05) is 45.5 Å². The van der Waals surface area contributed by atoms with Crippen LogP contribution in [0.15, 0.2) is 29.3 Å². The topological polar surface area (TPSA) is 77.0 Å². The first kappa shape index (κ1) is 26.1. The zero-order valence-electron chi connectivity index (χ0n) is 17.9. The molecule has 29 heavy (non-hydrogen) atoms. The van der Waals surface area contributed by atoms with Gasteiger partial charge in [0, 0.05) is 39.8 Å². The first-order chi connectivity index (χ1) is 13.5. The number of guanidine groups is 1. The lowest BCUT2D eigenvalue weighted by atomic mass is 10.1. The van der Waals surface area contributed by atoms with Gasteiger partial charge in [0.15, 0.2) is 5.96 Å². The summed E-state index contributed by atoms with van der Waals surface area (Å²) in [7, 11) is -1.54. The number of rotatable bonds is 10. The lowest BCUT2D eigenvalue weighted by molar-refractivity contribution is 0.331. The van der Waals surface area contributed by atoms with Crippen molar-refractivity contribution in [1.82, 2.24) is 19.8 Å². The molecule has 166 valence electrons. The normalized spacial score (nSPS) is 15.4. The maximum absolute atomic E-state index is 12.2. The van der Waals surface area contributed by atoms with E-state index in [0.717, 1.165) is 6.54 Å². The molecular weight excluding hydrogens is 501 g/mol. The monoisotopic (exact) mass is 537 g/mol. The average Bonchev–Trinajstić information content (AvgIpc) is 3.19. The van der Waals surface area contributed by atoms with Crippen molar-refractivity contribution in [3.63, 3.8) is 0 Å². The second kappa shape index (κ2) is 13.4. The molecule has 0 aromatic heterocycles. The highest BCUT2D eigenvalue weighted by Gasteiger charge is 2.18. The van der Waals surface area contributed by atoms with E-state index in [4.69, 9.17) is 0 Å². The Hall–Kier alpha value is -0.910. The summed E-state index contributed by atoms with van der Waals surface area (Å²) in [5, 5.41) is 6.33. The molecule has 0 unspecified atom stereocenters. The largest absolute Gasteiger partial charge is 0.355 e. The van der Waals surface area contributed by atoms with Gasteiger partial charge in [-0.05, 0) is 37.1 Å². The Kier molecular flexibility index (Phi) is 12.1. The van der Waals surface area contributed by atoms with E-state index in [9.17, 15) is 8.42 Å². The van der Waals surface area contributed by atoms with Gasteiger partial charge in [-0.15, -0.1) is 24.0 Å². The van der Waals surface area contributed by atoms with Crippen molar-refractivity contribution >= 4 is 40.0 Å². The first-order valence-electron chi connectivity index (χ1n) is 10.2. The van der Waals surface area contributed by atoms with Crippen LogP contribution in [0.3, 0.4) is 0 Å². The van der Waals surface area contributed by atoms with Crippen molar-refractivity contribution in [1.29, 1.82) is 0 Å². The zero-order valence-corrected chi connectivity index (χ0v) is 21.0. The van der Waals surface area contributed by atoms with Gasteiger partial charge in [0.1, 0.15) is 0 Å². The quantitative estimate of drug-likeness (QED) is 0.272. The minimum atomic E-state index is -3.22. The number of benzene rings is 1. The Morgan fingerprint density at radius 3 is 2.21 bits per heavy atom. The van der Waals surface area contributed by atoms with Crippen LogP contribution in [0.25, 0.3) is 0 Å². The fourth-order valence-electron chi connectivity index (χ4n) is 3.41. The second-order valence-corrected chi connectivity index (χ2v) is 9.14. The summed E-state index contributed by atoms with van der Waals surface area (Å²) in [4.78, 5) is 6.66. The van der Waals surface area contributed by atoms with Crippen LogP contribution in [0.2, 0.25) is 0 Å². The van der Waals surface area contributed by atoms with Gasteiger partial charge in [0.2, 0.25) is 10.0 Å². The minimum absolute atomic E-state index is 0. The molecule has 1 aliphatic heterocycles. The molecule has 1 aliphatic rings. The molecule has 0 amide bonds. The van der Waals surface area contributed by atoms with Crippen LogP contribution in [0.5, 0.6) is 0 Å². The number of sulfonamides is 1. The fraction of sp³-hybridized carbons (Fsp3) is 0.650. The van der Waals surface area contributed by atoms with E-state index in [-0.39, 0.29) is 29.7 Å². The molecule has 2 rings (SSSR count). The van der Waals surface area contributed by atoms with E-state index in [1.54, 1.807) is 7.05 Å². The summed E-state index contributed by atoms with van der Waals surface area (Å²) in [6, 6.07) is 8.64. The van der Waals surface area contributed by atoms with Gasteiger partial charge in [-0.3, -0.25) is 9.89 Å². The molecule has 0 saturated carbocycles. The Bertz CT molecular complexity index is 715. The molecule has 9 heteroatoms. The Morgan fingerprint density at radius 1 is 1.07 bits per heavy atom. The van der Waals surface area contributed by atoms with E-state index in [1.807, 2.05) is 13.8 Å². The number of hydrogen-bond donors (Lipinski definition) is 2. The van der Waals surface area contributed by atoms with Crippen molar-refractivity contribution in [2.24, 2.45) is 4.99 Å². The number of likely N-dealkylation sites (tertiary alicyclic amines) is 1. The summed E-state index contributed by atoms with van der Waals surface area (Å²) < 4.78 is 25.9. The van der Waals surface area contributed by atoms with Crippen LogP contribution in [0, 0.1) is 0 Å². The van der Waals surface area contributed by atoms with Crippen LogP contribution in [0.1, 0.15) is 37.8 Å². The Balaban J connectivity index is 0.00000420. The van der Waals surface area contributed by atoms with Crippen LogP contribution in [-0.2, 0) is 23.1 Å². The molecular formula is C20H36IN5O2S. The summed E-state index contributed by atoms with van der Waals surface area (Å²) in [5.74, 6) is 0.663. The van der Waals surface area contributed by atoms with Gasteiger partial charge in [-0.25, -0.2) is 12.7 Å². The molecule has 2 N–H and O–H groups in total. The average molecular weight is 538 g/mol. The molecule has 1 fully saturated rings. The third-order valence-electron chi connectivity index (χ3n) is 5.06. The van der Waals surface area contributed by atoms with Gasteiger partial charge in [-0.1, -0.05) is 38.1 Å². The molecule has 0 spiro atoms. The number of nitrogens with zero attached hydrogens (tertiary/aromatic N) is 3. The molecule has 1 heterocycles. The van der Waals surface area contributed by atoms with E-state index in [0.29, 0.717) is 32.1 Å². The lowest BCUT2D eigenvalue weighted by Crippen LogP contribution is -2.41. The van der Waals surface area contributed by atoms with Crippen LogP contribution in [-0.4, -0.2) is 69.1 Å². The molecule has 0 atom stereocenters. The minimum Gasteiger partial charge on any atom is -0.355 e. The number of nitrogens with one attached hydrogen (secondary N) is 2. The summed E-state index contributed by atoms with van der Waals surface area (Å²) in [5.41, 5.74) is 2.51. The SMILES string of the molecule is CCN(CC)S(=O)(=O)CCNC(=NC)NCc1ccc(CN2CCCC2)cc1.I. The third kappa shape index (κ3) is 8.77. The van der Waals surface area contributed by atoms with Crippen molar-refractivity contribution in [3.8, 4) is 0 Å². The van der Waals surface area contributed by atoms with Gasteiger partial charge in [0.05, 0.1) is 5.75 Å². The summed E-state index contributed by atoms with van der Waals surface area (Å²) in [6.07, 6.45) is 2.62.